The summed E-state index contributed by atoms with van der Waals surface area (Å²) in [6, 6.07) is 15.9. The molecular weight excluding hydrogens is 440 g/mol. The fourth-order valence-corrected chi connectivity index (χ4v) is 3.94. The quantitative estimate of drug-likeness (QED) is 0.163. The number of ether oxygens (including phenoxy) is 2. The van der Waals surface area contributed by atoms with Crippen molar-refractivity contribution < 1.29 is 9.47 Å². The highest BCUT2D eigenvalue weighted by Gasteiger charge is 2.02. The number of benzene rings is 2. The molecule has 0 saturated heterocycles. The third-order valence-corrected chi connectivity index (χ3v) is 5.96. The Hall–Kier alpha value is -2.27. The average molecular weight is 485 g/mol. The largest absolute Gasteiger partial charge is 0.494 e. The first-order valence-electron chi connectivity index (χ1n) is 13.2. The molecule has 0 saturated carbocycles. The molecule has 0 fully saturated rings. The van der Waals surface area contributed by atoms with Crippen molar-refractivity contribution >= 4 is 28.7 Å². The van der Waals surface area contributed by atoms with Gasteiger partial charge in [-0.05, 0) is 73.6 Å². The molecule has 0 amide bonds. The van der Waals surface area contributed by atoms with Crippen LogP contribution in [0.25, 0.3) is 0 Å². The molecule has 0 spiro atoms. The maximum Gasteiger partial charge on any atom is 0.175 e. The van der Waals surface area contributed by atoms with Gasteiger partial charge in [-0.3, -0.25) is 0 Å². The second-order valence-corrected chi connectivity index (χ2v) is 9.27. The second kappa shape index (κ2) is 18.1. The fourth-order valence-electron chi connectivity index (χ4n) is 3.71. The molecule has 0 aliphatic rings. The number of nitrogens with one attached hydrogen (secondary N) is 2. The van der Waals surface area contributed by atoms with Crippen molar-refractivity contribution in [3.05, 3.63) is 48.5 Å². The SMILES string of the molecule is CCCCCCCCOc1ccc(NC(=S)Nc2ccc(OCCCCCCCC)cc2)cc1. The molecule has 0 aromatic heterocycles. The predicted octanol–water partition coefficient (Wildman–Crippen LogP) is 8.97. The summed E-state index contributed by atoms with van der Waals surface area (Å²) in [5, 5.41) is 7.01. The zero-order chi connectivity index (χ0) is 24.3. The third-order valence-electron chi connectivity index (χ3n) is 5.76. The van der Waals surface area contributed by atoms with Gasteiger partial charge in [0, 0.05) is 11.4 Å². The van der Waals surface area contributed by atoms with Crippen LogP contribution in [0.3, 0.4) is 0 Å². The molecule has 4 nitrogen and oxygen atoms in total. The smallest absolute Gasteiger partial charge is 0.175 e. The third kappa shape index (κ3) is 12.8. The molecule has 2 aromatic carbocycles. The molecule has 0 atom stereocenters. The van der Waals surface area contributed by atoms with Crippen LogP contribution in [0.2, 0.25) is 0 Å². The van der Waals surface area contributed by atoms with E-state index >= 15 is 0 Å². The first-order valence-corrected chi connectivity index (χ1v) is 13.7. The first-order chi connectivity index (χ1) is 16.7. The van der Waals surface area contributed by atoms with E-state index in [4.69, 9.17) is 21.7 Å². The summed E-state index contributed by atoms with van der Waals surface area (Å²) in [4.78, 5) is 0. The standard InChI is InChI=1S/C29H44N2O2S/c1-3-5-7-9-11-13-23-32-27-19-15-25(16-20-27)30-29(34)31-26-17-21-28(22-18-26)33-24-14-12-10-8-6-4-2/h15-22H,3-14,23-24H2,1-2H3,(H2,30,31,34). The number of rotatable bonds is 18. The van der Waals surface area contributed by atoms with E-state index in [1.54, 1.807) is 0 Å². The van der Waals surface area contributed by atoms with E-state index < -0.39 is 0 Å². The van der Waals surface area contributed by atoms with E-state index in [1.165, 1.54) is 64.2 Å². The molecule has 2 N–H and O–H groups in total. The lowest BCUT2D eigenvalue weighted by atomic mass is 10.1. The fraction of sp³-hybridized carbons (Fsp3) is 0.552. The van der Waals surface area contributed by atoms with Crippen LogP contribution in [0.5, 0.6) is 11.5 Å². The predicted molar refractivity (Wildman–Crippen MR) is 150 cm³/mol. The van der Waals surface area contributed by atoms with Gasteiger partial charge in [0.1, 0.15) is 11.5 Å². The van der Waals surface area contributed by atoms with Crippen LogP contribution in [0.1, 0.15) is 90.9 Å². The average Bonchev–Trinajstić information content (AvgIpc) is 2.85. The van der Waals surface area contributed by atoms with Gasteiger partial charge < -0.3 is 20.1 Å². The van der Waals surface area contributed by atoms with E-state index in [-0.39, 0.29) is 0 Å². The van der Waals surface area contributed by atoms with Crippen molar-refractivity contribution in [2.45, 2.75) is 90.9 Å². The summed E-state index contributed by atoms with van der Waals surface area (Å²) in [5.74, 6) is 1.80. The highest BCUT2D eigenvalue weighted by Crippen LogP contribution is 2.19. The lowest BCUT2D eigenvalue weighted by Gasteiger charge is -2.12. The summed E-state index contributed by atoms with van der Waals surface area (Å²) in [7, 11) is 0. The molecule has 0 aliphatic heterocycles. The lowest BCUT2D eigenvalue weighted by Crippen LogP contribution is -2.18. The molecular formula is C29H44N2O2S. The van der Waals surface area contributed by atoms with Crippen LogP contribution in [0.15, 0.2) is 48.5 Å². The van der Waals surface area contributed by atoms with Crippen LogP contribution in [0.4, 0.5) is 11.4 Å². The van der Waals surface area contributed by atoms with Crippen LogP contribution in [-0.4, -0.2) is 18.3 Å². The number of anilines is 2. The summed E-state index contributed by atoms with van der Waals surface area (Å²) in [6.45, 7) is 6.04. The Labute approximate surface area is 212 Å². The second-order valence-electron chi connectivity index (χ2n) is 8.86. The van der Waals surface area contributed by atoms with Gasteiger partial charge in [0.2, 0.25) is 0 Å². The Bertz CT molecular complexity index is 712. The molecule has 0 unspecified atom stereocenters. The van der Waals surface area contributed by atoms with Gasteiger partial charge in [0.15, 0.2) is 5.11 Å². The lowest BCUT2D eigenvalue weighted by molar-refractivity contribution is 0.304. The van der Waals surface area contributed by atoms with E-state index in [0.717, 1.165) is 48.9 Å². The summed E-state index contributed by atoms with van der Waals surface area (Å²) >= 11 is 5.46. The Morgan fingerprint density at radius 2 is 0.912 bits per heavy atom. The number of thiocarbonyl (C=S) groups is 1. The summed E-state index contributed by atoms with van der Waals surface area (Å²) in [5.41, 5.74) is 1.87. The summed E-state index contributed by atoms with van der Waals surface area (Å²) < 4.78 is 11.7. The van der Waals surface area contributed by atoms with Gasteiger partial charge in [0.05, 0.1) is 13.2 Å². The van der Waals surface area contributed by atoms with Gasteiger partial charge >= 0.3 is 0 Å². The minimum atomic E-state index is 0.557. The molecule has 2 aromatic rings. The van der Waals surface area contributed by atoms with Crippen LogP contribution >= 0.6 is 12.2 Å². The van der Waals surface area contributed by atoms with Crippen LogP contribution < -0.4 is 20.1 Å². The normalized spacial score (nSPS) is 10.6. The Morgan fingerprint density at radius 1 is 0.559 bits per heavy atom. The minimum Gasteiger partial charge on any atom is -0.494 e. The molecule has 0 bridgehead atoms. The van der Waals surface area contributed by atoms with Crippen molar-refractivity contribution in [1.82, 2.24) is 0 Å². The number of unbranched alkanes of at least 4 members (excludes halogenated alkanes) is 10. The van der Waals surface area contributed by atoms with E-state index in [1.807, 2.05) is 48.5 Å². The van der Waals surface area contributed by atoms with Crippen LogP contribution in [-0.2, 0) is 0 Å². The number of hydrogen-bond acceptors (Lipinski definition) is 3. The number of hydrogen-bond donors (Lipinski definition) is 2. The molecule has 188 valence electrons. The Kier molecular flexibility index (Phi) is 14.9. The molecule has 2 rings (SSSR count). The zero-order valence-electron chi connectivity index (χ0n) is 21.2. The topological polar surface area (TPSA) is 42.5 Å². The minimum absolute atomic E-state index is 0.557. The molecule has 34 heavy (non-hydrogen) atoms. The highest BCUT2D eigenvalue weighted by atomic mass is 32.1. The van der Waals surface area contributed by atoms with Crippen molar-refractivity contribution in [1.29, 1.82) is 0 Å². The van der Waals surface area contributed by atoms with Crippen molar-refractivity contribution in [2.75, 3.05) is 23.8 Å². The first kappa shape index (κ1) is 28.0. The van der Waals surface area contributed by atoms with Gasteiger partial charge in [-0.15, -0.1) is 0 Å². The Balaban J connectivity index is 1.61. The van der Waals surface area contributed by atoms with Gasteiger partial charge in [-0.1, -0.05) is 78.1 Å². The monoisotopic (exact) mass is 484 g/mol. The van der Waals surface area contributed by atoms with Crippen molar-refractivity contribution in [3.8, 4) is 11.5 Å². The van der Waals surface area contributed by atoms with Crippen molar-refractivity contribution in [2.24, 2.45) is 0 Å². The highest BCUT2D eigenvalue weighted by molar-refractivity contribution is 7.80. The molecule has 0 heterocycles. The van der Waals surface area contributed by atoms with Crippen molar-refractivity contribution in [3.63, 3.8) is 0 Å². The molecule has 0 radical (unpaired) electrons. The van der Waals surface area contributed by atoms with E-state index in [9.17, 15) is 0 Å². The van der Waals surface area contributed by atoms with Gasteiger partial charge in [-0.2, -0.15) is 0 Å². The maximum absolute atomic E-state index is 5.85. The molecule has 0 aliphatic carbocycles. The summed E-state index contributed by atoms with van der Waals surface area (Å²) in [6.07, 6.45) is 15.2. The zero-order valence-corrected chi connectivity index (χ0v) is 22.1. The van der Waals surface area contributed by atoms with E-state index in [0.29, 0.717) is 5.11 Å². The molecule has 5 heteroatoms. The van der Waals surface area contributed by atoms with Gasteiger partial charge in [0.25, 0.3) is 0 Å². The Morgan fingerprint density at radius 3 is 1.29 bits per heavy atom. The maximum atomic E-state index is 5.85. The van der Waals surface area contributed by atoms with E-state index in [2.05, 4.69) is 24.5 Å². The van der Waals surface area contributed by atoms with Crippen LogP contribution in [0, 0.1) is 0 Å². The van der Waals surface area contributed by atoms with Gasteiger partial charge in [-0.25, -0.2) is 0 Å².